The van der Waals surface area contributed by atoms with Crippen LogP contribution in [0.1, 0.15) is 0 Å². The fourth-order valence-corrected chi connectivity index (χ4v) is 0.818. The first-order chi connectivity index (χ1) is 4.47. The number of fused-ring (bicyclic) bond motifs is 1. The summed E-state index contributed by atoms with van der Waals surface area (Å²) in [5.74, 6) is 0. The lowest BCUT2D eigenvalue weighted by Gasteiger charge is -2.06. The molecule has 54 valence electrons. The van der Waals surface area contributed by atoms with Crippen molar-refractivity contribution in [2.75, 3.05) is 0 Å². The Labute approximate surface area is 64.7 Å². The van der Waals surface area contributed by atoms with E-state index in [0.717, 1.165) is 6.54 Å². The number of allylic oxidation sites excluding steroid dienone is 1. The second-order valence-corrected chi connectivity index (χ2v) is 1.85. The van der Waals surface area contributed by atoms with Gasteiger partial charge < -0.3 is 4.74 Å². The van der Waals surface area contributed by atoms with Crippen LogP contribution in [0.15, 0.2) is 24.7 Å². The van der Waals surface area contributed by atoms with E-state index in [-0.39, 0.29) is 12.4 Å². The van der Waals surface area contributed by atoms with Crippen molar-refractivity contribution in [2.24, 2.45) is 0 Å². The molecule has 1 aliphatic heterocycles. The summed E-state index contributed by atoms with van der Waals surface area (Å²) in [4.78, 5) is 3.95. The van der Waals surface area contributed by atoms with E-state index in [2.05, 4.69) is 4.98 Å². The quantitative estimate of drug-likeness (QED) is 0.568. The van der Waals surface area contributed by atoms with Gasteiger partial charge in [-0.1, -0.05) is 0 Å². The van der Waals surface area contributed by atoms with Gasteiger partial charge in [-0.3, -0.25) is 4.57 Å². The van der Waals surface area contributed by atoms with Crippen molar-refractivity contribution >= 4 is 12.4 Å². The van der Waals surface area contributed by atoms with E-state index in [1.54, 1.807) is 12.5 Å². The molecule has 1 aromatic heterocycles. The molecule has 0 atom stereocenters. The number of aromatic nitrogens is 2. The third-order valence-electron chi connectivity index (χ3n) is 1.25. The number of halogens is 1. The van der Waals surface area contributed by atoms with Crippen LogP contribution in [0.3, 0.4) is 0 Å². The fraction of sp³-hybridized carbons (Fsp3) is 0.167. The average Bonchev–Trinajstić information content (AvgIpc) is 2.33. The smallest absolute Gasteiger partial charge is 0.301 e. The molecule has 0 saturated heterocycles. The van der Waals surface area contributed by atoms with Crippen molar-refractivity contribution < 1.29 is 4.74 Å². The number of imidazole rings is 1. The van der Waals surface area contributed by atoms with Gasteiger partial charge in [-0.05, 0) is 6.08 Å². The highest BCUT2D eigenvalue weighted by atomic mass is 35.5. The van der Waals surface area contributed by atoms with Crippen LogP contribution in [0.5, 0.6) is 6.01 Å². The van der Waals surface area contributed by atoms with Crippen LogP contribution in [0.25, 0.3) is 0 Å². The van der Waals surface area contributed by atoms with Crippen LogP contribution in [-0.4, -0.2) is 9.55 Å². The van der Waals surface area contributed by atoms with E-state index in [4.69, 9.17) is 4.74 Å². The molecule has 0 bridgehead atoms. The Morgan fingerprint density at radius 3 is 3.30 bits per heavy atom. The van der Waals surface area contributed by atoms with Crippen LogP contribution in [0.4, 0.5) is 0 Å². The normalized spacial score (nSPS) is 13.2. The summed E-state index contributed by atoms with van der Waals surface area (Å²) in [5.41, 5.74) is 0. The van der Waals surface area contributed by atoms with Crippen molar-refractivity contribution in [3.05, 3.63) is 24.7 Å². The predicted octanol–water partition coefficient (Wildman–Crippen LogP) is 1.21. The van der Waals surface area contributed by atoms with Gasteiger partial charge in [-0.25, -0.2) is 4.98 Å². The second-order valence-electron chi connectivity index (χ2n) is 1.85. The Morgan fingerprint density at radius 2 is 2.50 bits per heavy atom. The minimum absolute atomic E-state index is 0. The number of hydrogen-bond donors (Lipinski definition) is 0. The fourth-order valence-electron chi connectivity index (χ4n) is 0.818. The van der Waals surface area contributed by atoms with Gasteiger partial charge in [0.15, 0.2) is 0 Å². The molecule has 0 N–H and O–H groups in total. The monoisotopic (exact) mass is 158 g/mol. The van der Waals surface area contributed by atoms with Gasteiger partial charge in [0, 0.05) is 18.9 Å². The van der Waals surface area contributed by atoms with Crippen molar-refractivity contribution in [3.63, 3.8) is 0 Å². The van der Waals surface area contributed by atoms with Crippen LogP contribution < -0.4 is 4.74 Å². The molecule has 2 rings (SSSR count). The third kappa shape index (κ3) is 0.998. The lowest BCUT2D eigenvalue weighted by atomic mass is 10.6. The summed E-state index contributed by atoms with van der Waals surface area (Å²) < 4.78 is 6.97. The molecule has 0 radical (unpaired) electrons. The lowest BCUT2D eigenvalue weighted by molar-refractivity contribution is 0.396. The van der Waals surface area contributed by atoms with E-state index in [1.165, 1.54) is 0 Å². The Hall–Kier alpha value is -0.960. The molecule has 0 aliphatic carbocycles. The molecule has 0 spiro atoms. The topological polar surface area (TPSA) is 27.1 Å². The van der Waals surface area contributed by atoms with E-state index < -0.39 is 0 Å². The standard InChI is InChI=1S/C6H6N2O.ClH/c1-3-8-4-2-7-6(8)9-5-1;/h1-2,4-5H,3H2;1H. The summed E-state index contributed by atoms with van der Waals surface area (Å²) >= 11 is 0. The van der Waals surface area contributed by atoms with Gasteiger partial charge in [-0.2, -0.15) is 0 Å². The SMILES string of the molecule is C1=COc2nccn2C1.Cl. The number of hydrogen-bond acceptors (Lipinski definition) is 2. The van der Waals surface area contributed by atoms with Gasteiger partial charge in [-0.15, -0.1) is 12.4 Å². The summed E-state index contributed by atoms with van der Waals surface area (Å²) in [6.45, 7) is 0.870. The Morgan fingerprint density at radius 1 is 1.60 bits per heavy atom. The van der Waals surface area contributed by atoms with E-state index in [9.17, 15) is 0 Å². The van der Waals surface area contributed by atoms with Crippen molar-refractivity contribution in [3.8, 4) is 6.01 Å². The van der Waals surface area contributed by atoms with Gasteiger partial charge in [0.25, 0.3) is 0 Å². The molecule has 1 aromatic rings. The molecule has 10 heavy (non-hydrogen) atoms. The molecule has 0 fully saturated rings. The van der Waals surface area contributed by atoms with E-state index in [1.807, 2.05) is 16.8 Å². The summed E-state index contributed by atoms with van der Waals surface area (Å²) in [7, 11) is 0. The molecule has 4 heteroatoms. The molecule has 0 unspecified atom stereocenters. The Bertz CT molecular complexity index is 221. The average molecular weight is 159 g/mol. The number of rotatable bonds is 0. The second kappa shape index (κ2) is 2.75. The molecule has 2 heterocycles. The van der Waals surface area contributed by atoms with Gasteiger partial charge in [0.05, 0.1) is 6.26 Å². The minimum atomic E-state index is 0. The van der Waals surface area contributed by atoms with Crippen molar-refractivity contribution in [1.29, 1.82) is 0 Å². The number of ether oxygens (including phenoxy) is 1. The van der Waals surface area contributed by atoms with Crippen LogP contribution in [-0.2, 0) is 6.54 Å². The summed E-state index contributed by atoms with van der Waals surface area (Å²) in [6.07, 6.45) is 7.21. The highest BCUT2D eigenvalue weighted by molar-refractivity contribution is 5.85. The van der Waals surface area contributed by atoms with Crippen LogP contribution >= 0.6 is 12.4 Å². The number of nitrogens with zero attached hydrogens (tertiary/aromatic N) is 2. The molecular formula is C6H7ClN2O. The van der Waals surface area contributed by atoms with E-state index in [0.29, 0.717) is 6.01 Å². The molecule has 0 aromatic carbocycles. The summed E-state index contributed by atoms with van der Waals surface area (Å²) in [5, 5.41) is 0. The first kappa shape index (κ1) is 7.15. The molecular weight excluding hydrogens is 152 g/mol. The maximum absolute atomic E-state index is 5.03. The van der Waals surface area contributed by atoms with Crippen molar-refractivity contribution in [1.82, 2.24) is 9.55 Å². The molecule has 0 saturated carbocycles. The largest absolute Gasteiger partial charge is 0.434 e. The first-order valence-electron chi connectivity index (χ1n) is 2.79. The zero-order chi connectivity index (χ0) is 6.10. The Balaban J connectivity index is 0.000000500. The van der Waals surface area contributed by atoms with E-state index >= 15 is 0 Å². The minimum Gasteiger partial charge on any atom is -0.434 e. The molecule has 0 amide bonds. The molecule has 3 nitrogen and oxygen atoms in total. The van der Waals surface area contributed by atoms with Crippen LogP contribution in [0.2, 0.25) is 0 Å². The van der Waals surface area contributed by atoms with Crippen molar-refractivity contribution in [2.45, 2.75) is 6.54 Å². The first-order valence-corrected chi connectivity index (χ1v) is 2.79. The predicted molar refractivity (Wildman–Crippen MR) is 39.2 cm³/mol. The zero-order valence-electron chi connectivity index (χ0n) is 5.23. The lowest BCUT2D eigenvalue weighted by Crippen LogP contribution is -2.02. The maximum Gasteiger partial charge on any atom is 0.301 e. The maximum atomic E-state index is 5.03. The van der Waals surface area contributed by atoms with Gasteiger partial charge >= 0.3 is 6.01 Å². The zero-order valence-corrected chi connectivity index (χ0v) is 6.04. The Kier molecular flexibility index (Phi) is 1.97. The molecule has 1 aliphatic rings. The third-order valence-corrected chi connectivity index (χ3v) is 1.25. The van der Waals surface area contributed by atoms with Gasteiger partial charge in [0.1, 0.15) is 0 Å². The highest BCUT2D eigenvalue weighted by Gasteiger charge is 2.02. The highest BCUT2D eigenvalue weighted by Crippen LogP contribution is 2.10. The summed E-state index contributed by atoms with van der Waals surface area (Å²) in [6, 6.07) is 0.678. The van der Waals surface area contributed by atoms with Crippen LogP contribution in [0, 0.1) is 0 Å². The van der Waals surface area contributed by atoms with Gasteiger partial charge in [0.2, 0.25) is 0 Å².